The summed E-state index contributed by atoms with van der Waals surface area (Å²) in [6, 6.07) is 7.64. The number of ether oxygens (including phenoxy) is 1. The molecular weight excluding hydrogens is 200 g/mol. The minimum Gasteiger partial charge on any atom is -0.366 e. The number of carbonyl (C=O) groups excluding carboxylic acids is 1. The molecule has 0 saturated heterocycles. The van der Waals surface area contributed by atoms with Crippen LogP contribution in [0.15, 0.2) is 30.3 Å². The number of unbranched alkanes of at least 4 members (excludes halogenated alkanes) is 1. The summed E-state index contributed by atoms with van der Waals surface area (Å²) in [7, 11) is 0. The van der Waals surface area contributed by atoms with Crippen LogP contribution >= 0.6 is 0 Å². The molecule has 1 aromatic rings. The Morgan fingerprint density at radius 1 is 1.31 bits per heavy atom. The molecule has 1 aliphatic rings. The summed E-state index contributed by atoms with van der Waals surface area (Å²) in [4.78, 5) is 12.0. The summed E-state index contributed by atoms with van der Waals surface area (Å²) in [6.07, 6.45) is 5.51. The quantitative estimate of drug-likeness (QED) is 0.723. The Morgan fingerprint density at radius 2 is 2.12 bits per heavy atom. The molecule has 0 heterocycles. The smallest absolute Gasteiger partial charge is 0.196 e. The van der Waals surface area contributed by atoms with Crippen LogP contribution in [0.5, 0.6) is 0 Å². The van der Waals surface area contributed by atoms with E-state index in [1.165, 1.54) is 0 Å². The molecule has 1 aromatic carbocycles. The van der Waals surface area contributed by atoms with E-state index in [4.69, 9.17) is 4.74 Å². The van der Waals surface area contributed by atoms with Crippen LogP contribution in [0.2, 0.25) is 0 Å². The van der Waals surface area contributed by atoms with Crippen molar-refractivity contribution >= 4 is 11.9 Å². The van der Waals surface area contributed by atoms with Gasteiger partial charge in [-0.3, -0.25) is 4.79 Å². The molecule has 2 rings (SSSR count). The van der Waals surface area contributed by atoms with Gasteiger partial charge in [-0.1, -0.05) is 43.7 Å². The predicted molar refractivity (Wildman–Crippen MR) is 64.5 cm³/mol. The molecule has 16 heavy (non-hydrogen) atoms. The first-order chi connectivity index (χ1) is 7.83. The zero-order valence-electron chi connectivity index (χ0n) is 9.48. The molecule has 0 amide bonds. The lowest BCUT2D eigenvalue weighted by Crippen LogP contribution is -2.25. The Labute approximate surface area is 95.9 Å². The largest absolute Gasteiger partial charge is 0.366 e. The van der Waals surface area contributed by atoms with Crippen LogP contribution in [0.3, 0.4) is 0 Å². The molecule has 2 heteroatoms. The van der Waals surface area contributed by atoms with Crippen LogP contribution in [0.25, 0.3) is 6.08 Å². The topological polar surface area (TPSA) is 26.3 Å². The number of ketones is 1. The molecule has 1 aliphatic carbocycles. The maximum atomic E-state index is 12.0. The second kappa shape index (κ2) is 5.08. The van der Waals surface area contributed by atoms with Crippen LogP contribution in [-0.4, -0.2) is 18.5 Å². The molecule has 0 spiro atoms. The molecule has 0 aromatic heterocycles. The average molecular weight is 216 g/mol. The first-order valence-electron chi connectivity index (χ1n) is 5.76. The van der Waals surface area contributed by atoms with Gasteiger partial charge in [0.1, 0.15) is 6.10 Å². The number of Topliss-reactive ketones (excluding diaryl/α,β-unsaturated/α-hetero) is 1. The van der Waals surface area contributed by atoms with E-state index in [1.807, 2.05) is 36.4 Å². The average Bonchev–Trinajstić information content (AvgIpc) is 2.33. The molecule has 0 aliphatic heterocycles. The zero-order valence-corrected chi connectivity index (χ0v) is 9.48. The van der Waals surface area contributed by atoms with Crippen molar-refractivity contribution in [2.75, 3.05) is 6.61 Å². The van der Waals surface area contributed by atoms with E-state index in [9.17, 15) is 4.79 Å². The highest BCUT2D eigenvalue weighted by molar-refractivity contribution is 6.06. The first-order valence-corrected chi connectivity index (χ1v) is 5.76. The Bertz CT molecular complexity index is 407. The van der Waals surface area contributed by atoms with Gasteiger partial charge in [0.25, 0.3) is 0 Å². The number of benzene rings is 1. The molecule has 0 saturated carbocycles. The Hall–Kier alpha value is -1.41. The van der Waals surface area contributed by atoms with Crippen molar-refractivity contribution in [3.8, 4) is 0 Å². The maximum absolute atomic E-state index is 12.0. The summed E-state index contributed by atoms with van der Waals surface area (Å²) in [6.45, 7) is 2.76. The predicted octanol–water partition coefficient (Wildman–Crippen LogP) is 3.08. The van der Waals surface area contributed by atoms with Crippen LogP contribution in [0, 0.1) is 0 Å². The summed E-state index contributed by atoms with van der Waals surface area (Å²) in [5.74, 6) is 0.0780. The van der Waals surface area contributed by atoms with E-state index in [0.717, 1.165) is 24.0 Å². The summed E-state index contributed by atoms with van der Waals surface area (Å²) < 4.78 is 5.56. The highest BCUT2D eigenvalue weighted by Gasteiger charge is 2.23. The van der Waals surface area contributed by atoms with Crippen molar-refractivity contribution in [2.45, 2.75) is 25.9 Å². The van der Waals surface area contributed by atoms with Crippen molar-refractivity contribution in [3.05, 3.63) is 41.5 Å². The Morgan fingerprint density at radius 3 is 2.94 bits per heavy atom. The van der Waals surface area contributed by atoms with Gasteiger partial charge in [0, 0.05) is 12.2 Å². The molecule has 84 valence electrons. The van der Waals surface area contributed by atoms with E-state index < -0.39 is 0 Å². The third-order valence-electron chi connectivity index (χ3n) is 2.73. The van der Waals surface area contributed by atoms with Gasteiger partial charge < -0.3 is 4.74 Å². The van der Waals surface area contributed by atoms with Gasteiger partial charge in [0.2, 0.25) is 0 Å². The monoisotopic (exact) mass is 216 g/mol. The number of hydrogen-bond donors (Lipinski definition) is 0. The van der Waals surface area contributed by atoms with Crippen molar-refractivity contribution in [1.82, 2.24) is 0 Å². The fourth-order valence-electron chi connectivity index (χ4n) is 1.78. The highest BCUT2D eigenvalue weighted by atomic mass is 16.5. The fourth-order valence-corrected chi connectivity index (χ4v) is 1.78. The van der Waals surface area contributed by atoms with Gasteiger partial charge >= 0.3 is 0 Å². The van der Waals surface area contributed by atoms with E-state index in [-0.39, 0.29) is 11.9 Å². The van der Waals surface area contributed by atoms with Gasteiger partial charge in [-0.25, -0.2) is 0 Å². The van der Waals surface area contributed by atoms with Crippen molar-refractivity contribution in [3.63, 3.8) is 0 Å². The minimum atomic E-state index is -0.388. The lowest BCUT2D eigenvalue weighted by molar-refractivity contribution is 0.0557. The first kappa shape index (κ1) is 11.1. The molecule has 0 N–H and O–H groups in total. The van der Waals surface area contributed by atoms with Crippen molar-refractivity contribution in [2.24, 2.45) is 0 Å². The molecule has 0 fully saturated rings. The van der Waals surface area contributed by atoms with Crippen LogP contribution in [0.1, 0.15) is 35.7 Å². The van der Waals surface area contributed by atoms with Crippen LogP contribution in [0.4, 0.5) is 0 Å². The number of carbonyl (C=O) groups is 1. The number of rotatable bonds is 4. The van der Waals surface area contributed by atoms with Crippen LogP contribution < -0.4 is 0 Å². The van der Waals surface area contributed by atoms with E-state index in [0.29, 0.717) is 6.61 Å². The maximum Gasteiger partial charge on any atom is 0.196 e. The summed E-state index contributed by atoms with van der Waals surface area (Å²) in [5.41, 5.74) is 1.76. The standard InChI is InChI=1S/C14H16O2/c1-2-3-10-16-13-9-8-11-6-4-5-7-12(11)14(13)15/h4-9,13H,2-3,10H2,1H3. The molecular formula is C14H16O2. The highest BCUT2D eigenvalue weighted by Crippen LogP contribution is 2.20. The van der Waals surface area contributed by atoms with Crippen LogP contribution in [-0.2, 0) is 4.74 Å². The second-order valence-corrected chi connectivity index (χ2v) is 3.96. The van der Waals surface area contributed by atoms with Crippen molar-refractivity contribution < 1.29 is 9.53 Å². The number of hydrogen-bond acceptors (Lipinski definition) is 2. The molecule has 1 unspecified atom stereocenters. The third kappa shape index (κ3) is 2.22. The lowest BCUT2D eigenvalue weighted by Gasteiger charge is -2.18. The molecule has 2 nitrogen and oxygen atoms in total. The zero-order chi connectivity index (χ0) is 11.4. The van der Waals surface area contributed by atoms with Gasteiger partial charge in [0.05, 0.1) is 0 Å². The van der Waals surface area contributed by atoms with Gasteiger partial charge in [-0.2, -0.15) is 0 Å². The Kier molecular flexibility index (Phi) is 3.52. The minimum absolute atomic E-state index is 0.0780. The summed E-state index contributed by atoms with van der Waals surface area (Å²) in [5, 5.41) is 0. The molecule has 0 bridgehead atoms. The van der Waals surface area contributed by atoms with Gasteiger partial charge in [-0.15, -0.1) is 0 Å². The Balaban J connectivity index is 2.09. The molecule has 0 radical (unpaired) electrons. The van der Waals surface area contributed by atoms with E-state index >= 15 is 0 Å². The van der Waals surface area contributed by atoms with Gasteiger partial charge in [-0.05, 0) is 18.1 Å². The second-order valence-electron chi connectivity index (χ2n) is 3.96. The van der Waals surface area contributed by atoms with Crippen molar-refractivity contribution in [1.29, 1.82) is 0 Å². The normalized spacial score (nSPS) is 18.6. The molecule has 1 atom stereocenters. The summed E-state index contributed by atoms with van der Waals surface area (Å²) >= 11 is 0. The lowest BCUT2D eigenvalue weighted by atomic mass is 9.94. The third-order valence-corrected chi connectivity index (χ3v) is 2.73. The fraction of sp³-hybridized carbons (Fsp3) is 0.357. The van der Waals surface area contributed by atoms with E-state index in [1.54, 1.807) is 0 Å². The van der Waals surface area contributed by atoms with E-state index in [2.05, 4.69) is 6.92 Å². The van der Waals surface area contributed by atoms with Gasteiger partial charge in [0.15, 0.2) is 5.78 Å². The SMILES string of the molecule is CCCCOC1C=Cc2ccccc2C1=O. The number of fused-ring (bicyclic) bond motifs is 1.